The second-order valence-electron chi connectivity index (χ2n) is 5.82. The van der Waals surface area contributed by atoms with E-state index < -0.39 is 5.91 Å². The van der Waals surface area contributed by atoms with Crippen LogP contribution in [0.25, 0.3) is 0 Å². The van der Waals surface area contributed by atoms with Gasteiger partial charge in [0.15, 0.2) is 11.5 Å². The largest absolute Gasteiger partial charge is 0.503 e. The number of nitrogens with zero attached hydrogens (tertiary/aromatic N) is 1. The molecule has 9 heteroatoms. The number of hydrogen-bond donors (Lipinski definition) is 3. The molecule has 29 heavy (non-hydrogen) atoms. The number of carbonyl (C=O) groups excluding carboxylic acids is 2. The Kier molecular flexibility index (Phi) is 8.29. The number of methoxy groups -OCH3 is 1. The molecule has 2 amide bonds. The number of anilines is 1. The van der Waals surface area contributed by atoms with Gasteiger partial charge in [0, 0.05) is 12.8 Å². The number of aromatic hydroxyl groups is 1. The molecule has 3 N–H and O–H groups in total. The maximum Gasteiger partial charge on any atom is 0.240 e. The molecule has 0 unspecified atom stereocenters. The van der Waals surface area contributed by atoms with E-state index in [1.807, 2.05) is 0 Å². The van der Waals surface area contributed by atoms with Crippen molar-refractivity contribution in [1.82, 2.24) is 5.43 Å². The molecule has 154 valence electrons. The highest BCUT2D eigenvalue weighted by molar-refractivity contribution is 6.32. The van der Waals surface area contributed by atoms with Gasteiger partial charge in [0.2, 0.25) is 11.8 Å². The van der Waals surface area contributed by atoms with Crippen molar-refractivity contribution in [2.45, 2.75) is 19.8 Å². The number of phenols is 1. The molecule has 0 heterocycles. The van der Waals surface area contributed by atoms with E-state index in [2.05, 4.69) is 15.8 Å². The molecule has 0 saturated carbocycles. The van der Waals surface area contributed by atoms with Crippen LogP contribution in [0.5, 0.6) is 17.2 Å². The number of hydrazone groups is 1. The summed E-state index contributed by atoms with van der Waals surface area (Å²) in [5.41, 5.74) is 3.41. The fourth-order valence-corrected chi connectivity index (χ4v) is 2.58. The van der Waals surface area contributed by atoms with Crippen LogP contribution in [0.1, 0.15) is 25.3 Å². The van der Waals surface area contributed by atoms with Crippen molar-refractivity contribution in [3.05, 3.63) is 47.0 Å². The topological polar surface area (TPSA) is 109 Å². The average Bonchev–Trinajstić information content (AvgIpc) is 2.70. The van der Waals surface area contributed by atoms with Crippen LogP contribution in [0, 0.1) is 0 Å². The quantitative estimate of drug-likeness (QED) is 0.426. The summed E-state index contributed by atoms with van der Waals surface area (Å²) in [5, 5.41) is 16.4. The standard InChI is InChI=1S/C20H22ClN3O5/c1-3-29-17-11-13(10-14(21)20(17)27)12-22-24-19(26)9-8-18(25)23-15-6-4-5-7-16(15)28-2/h4-7,10-12,27H,3,8-9H2,1-2H3,(H,23,25)(H,24,26)/b22-12+. The van der Waals surface area contributed by atoms with Gasteiger partial charge in [-0.25, -0.2) is 5.43 Å². The fourth-order valence-electron chi connectivity index (χ4n) is 2.36. The van der Waals surface area contributed by atoms with Crippen LogP contribution in [0.3, 0.4) is 0 Å². The number of hydrogen-bond acceptors (Lipinski definition) is 6. The van der Waals surface area contributed by atoms with E-state index in [0.29, 0.717) is 23.6 Å². The zero-order valence-corrected chi connectivity index (χ0v) is 16.8. The Bertz CT molecular complexity index is 902. The van der Waals surface area contributed by atoms with Crippen LogP contribution in [0.2, 0.25) is 5.02 Å². The first-order valence-electron chi connectivity index (χ1n) is 8.84. The highest BCUT2D eigenvalue weighted by Gasteiger charge is 2.10. The monoisotopic (exact) mass is 419 g/mol. The SMILES string of the molecule is CCOc1cc(/C=N/NC(=O)CCC(=O)Nc2ccccc2OC)cc(Cl)c1O. The molecular weight excluding hydrogens is 398 g/mol. The summed E-state index contributed by atoms with van der Waals surface area (Å²) >= 11 is 5.94. The first-order valence-corrected chi connectivity index (χ1v) is 9.22. The molecule has 0 atom stereocenters. The number of nitrogens with one attached hydrogen (secondary N) is 2. The Morgan fingerprint density at radius 2 is 1.90 bits per heavy atom. The van der Waals surface area contributed by atoms with Crippen LogP contribution in [0.15, 0.2) is 41.5 Å². The molecule has 0 saturated heterocycles. The number of phenolic OH excluding ortho intramolecular Hbond substituents is 1. The highest BCUT2D eigenvalue weighted by atomic mass is 35.5. The third-order valence-corrected chi connectivity index (χ3v) is 4.00. The number of rotatable bonds is 9. The average molecular weight is 420 g/mol. The third kappa shape index (κ3) is 6.69. The van der Waals surface area contributed by atoms with Crippen molar-refractivity contribution >= 4 is 35.3 Å². The van der Waals surface area contributed by atoms with Crippen LogP contribution in [0.4, 0.5) is 5.69 Å². The molecular formula is C20H22ClN3O5. The van der Waals surface area contributed by atoms with Crippen molar-refractivity contribution in [3.63, 3.8) is 0 Å². The van der Waals surface area contributed by atoms with Crippen molar-refractivity contribution in [1.29, 1.82) is 0 Å². The zero-order chi connectivity index (χ0) is 21.2. The molecule has 2 aromatic rings. The van der Waals surface area contributed by atoms with Crippen LogP contribution >= 0.6 is 11.6 Å². The molecule has 0 bridgehead atoms. The van der Waals surface area contributed by atoms with Gasteiger partial charge in [-0.15, -0.1) is 0 Å². The minimum absolute atomic E-state index is 0.0150. The Morgan fingerprint density at radius 1 is 1.17 bits per heavy atom. The predicted molar refractivity (Wildman–Crippen MR) is 111 cm³/mol. The molecule has 0 fully saturated rings. The Labute approximate surface area is 173 Å². The Morgan fingerprint density at radius 3 is 2.62 bits per heavy atom. The molecule has 0 aliphatic carbocycles. The summed E-state index contributed by atoms with van der Waals surface area (Å²) in [6.07, 6.45) is 1.30. The molecule has 0 aromatic heterocycles. The summed E-state index contributed by atoms with van der Waals surface area (Å²) in [5.74, 6) is -0.142. The maximum atomic E-state index is 12.0. The lowest BCUT2D eigenvalue weighted by molar-refractivity contribution is -0.124. The highest BCUT2D eigenvalue weighted by Crippen LogP contribution is 2.34. The molecule has 0 radical (unpaired) electrons. The molecule has 8 nitrogen and oxygen atoms in total. The number of halogens is 1. The number of amides is 2. The second-order valence-corrected chi connectivity index (χ2v) is 6.23. The van der Waals surface area contributed by atoms with Gasteiger partial charge in [-0.3, -0.25) is 9.59 Å². The summed E-state index contributed by atoms with van der Waals surface area (Å²) in [4.78, 5) is 23.9. The van der Waals surface area contributed by atoms with Gasteiger partial charge >= 0.3 is 0 Å². The number of benzene rings is 2. The van der Waals surface area contributed by atoms with Gasteiger partial charge < -0.3 is 19.9 Å². The van der Waals surface area contributed by atoms with E-state index in [1.54, 1.807) is 37.3 Å². The van der Waals surface area contributed by atoms with Crippen LogP contribution in [-0.2, 0) is 9.59 Å². The molecule has 0 aliphatic heterocycles. The summed E-state index contributed by atoms with van der Waals surface area (Å²) < 4.78 is 10.4. The second kappa shape index (κ2) is 10.9. The first kappa shape index (κ1) is 22.0. The lowest BCUT2D eigenvalue weighted by Crippen LogP contribution is -2.20. The molecule has 0 spiro atoms. The molecule has 2 aromatic carbocycles. The fraction of sp³-hybridized carbons (Fsp3) is 0.250. The zero-order valence-electron chi connectivity index (χ0n) is 16.1. The van der Waals surface area contributed by atoms with Gasteiger partial charge in [0.1, 0.15) is 5.75 Å². The summed E-state index contributed by atoms with van der Waals surface area (Å²) in [7, 11) is 1.51. The van der Waals surface area contributed by atoms with E-state index >= 15 is 0 Å². The van der Waals surface area contributed by atoms with Crippen molar-refractivity contribution < 1.29 is 24.2 Å². The molecule has 0 aliphatic rings. The maximum absolute atomic E-state index is 12.0. The van der Waals surface area contributed by atoms with Crippen LogP contribution < -0.4 is 20.2 Å². The minimum Gasteiger partial charge on any atom is -0.503 e. The Balaban J connectivity index is 1.84. The predicted octanol–water partition coefficient (Wildman–Crippen LogP) is 3.32. The summed E-state index contributed by atoms with van der Waals surface area (Å²) in [6.45, 7) is 2.14. The van der Waals surface area contributed by atoms with Crippen molar-refractivity contribution in [2.24, 2.45) is 5.10 Å². The number of ether oxygens (including phenoxy) is 2. The van der Waals surface area contributed by atoms with E-state index in [0.717, 1.165) is 0 Å². The van der Waals surface area contributed by atoms with E-state index in [-0.39, 0.29) is 35.3 Å². The minimum atomic E-state index is -0.425. The van der Waals surface area contributed by atoms with Gasteiger partial charge in [-0.05, 0) is 36.8 Å². The van der Waals surface area contributed by atoms with E-state index in [4.69, 9.17) is 21.1 Å². The summed E-state index contributed by atoms with van der Waals surface area (Å²) in [6, 6.07) is 10.0. The number of para-hydroxylation sites is 2. The normalized spacial score (nSPS) is 10.6. The molecule has 2 rings (SSSR count). The smallest absolute Gasteiger partial charge is 0.240 e. The van der Waals surface area contributed by atoms with E-state index in [1.165, 1.54) is 19.4 Å². The van der Waals surface area contributed by atoms with Crippen molar-refractivity contribution in [3.8, 4) is 17.2 Å². The Hall–Kier alpha value is -3.26. The lowest BCUT2D eigenvalue weighted by Gasteiger charge is -2.09. The van der Waals surface area contributed by atoms with Crippen molar-refractivity contribution in [2.75, 3.05) is 19.0 Å². The van der Waals surface area contributed by atoms with Gasteiger partial charge in [-0.2, -0.15) is 5.10 Å². The first-order chi connectivity index (χ1) is 13.9. The number of carbonyl (C=O) groups is 2. The van der Waals surface area contributed by atoms with Crippen LogP contribution in [-0.4, -0.2) is 36.9 Å². The van der Waals surface area contributed by atoms with E-state index in [9.17, 15) is 14.7 Å². The lowest BCUT2D eigenvalue weighted by atomic mass is 10.2. The van der Waals surface area contributed by atoms with Gasteiger partial charge in [0.05, 0.1) is 30.6 Å². The van der Waals surface area contributed by atoms with Gasteiger partial charge in [-0.1, -0.05) is 23.7 Å². The third-order valence-electron chi connectivity index (χ3n) is 3.71. The van der Waals surface area contributed by atoms with Gasteiger partial charge in [0.25, 0.3) is 0 Å².